The second-order valence-electron chi connectivity index (χ2n) is 4.57. The number of ether oxygens (including phenoxy) is 1. The number of rotatable bonds is 7. The normalized spacial score (nSPS) is 14.9. The molecular formula is C13H24N2OS. The fourth-order valence-electron chi connectivity index (χ4n) is 1.87. The topological polar surface area (TPSA) is 34.1 Å². The van der Waals surface area contributed by atoms with Crippen molar-refractivity contribution in [2.45, 2.75) is 46.1 Å². The van der Waals surface area contributed by atoms with Gasteiger partial charge in [-0.15, -0.1) is 11.3 Å². The van der Waals surface area contributed by atoms with Gasteiger partial charge in [0.25, 0.3) is 0 Å². The molecule has 0 radical (unpaired) electrons. The Morgan fingerprint density at radius 1 is 1.41 bits per heavy atom. The van der Waals surface area contributed by atoms with Crippen molar-refractivity contribution in [3.63, 3.8) is 0 Å². The van der Waals surface area contributed by atoms with E-state index in [4.69, 9.17) is 9.72 Å². The molecule has 98 valence electrons. The van der Waals surface area contributed by atoms with Crippen LogP contribution in [0.3, 0.4) is 0 Å². The Kier molecular flexibility index (Phi) is 5.56. The van der Waals surface area contributed by atoms with Gasteiger partial charge in [0.2, 0.25) is 0 Å². The third-order valence-corrected chi connectivity index (χ3v) is 4.17. The summed E-state index contributed by atoms with van der Waals surface area (Å²) in [6.45, 7) is 10.3. The second-order valence-corrected chi connectivity index (χ2v) is 5.77. The number of hydrogen-bond acceptors (Lipinski definition) is 4. The second kappa shape index (κ2) is 6.47. The van der Waals surface area contributed by atoms with Crippen molar-refractivity contribution in [1.29, 1.82) is 0 Å². The van der Waals surface area contributed by atoms with Gasteiger partial charge in [0.05, 0.1) is 17.8 Å². The number of nitrogens with one attached hydrogen (secondary N) is 1. The van der Waals surface area contributed by atoms with E-state index in [0.29, 0.717) is 6.61 Å². The van der Waals surface area contributed by atoms with Crippen LogP contribution in [0.25, 0.3) is 0 Å². The summed E-state index contributed by atoms with van der Waals surface area (Å²) in [7, 11) is 1.74. The lowest BCUT2D eigenvalue weighted by molar-refractivity contribution is 0.118. The standard InChI is InChI=1S/C13H24N2OS/c1-6-8-14-13(4,9-16-5)12-15-11(7-2)10(3)17-12/h14H,6-9H2,1-5H3. The molecule has 0 aliphatic rings. The van der Waals surface area contributed by atoms with Gasteiger partial charge in [-0.25, -0.2) is 4.98 Å². The Bertz CT molecular complexity index is 351. The van der Waals surface area contributed by atoms with Crippen LogP contribution < -0.4 is 5.32 Å². The molecule has 3 nitrogen and oxygen atoms in total. The summed E-state index contributed by atoms with van der Waals surface area (Å²) >= 11 is 1.78. The molecule has 1 rings (SSSR count). The molecule has 0 fully saturated rings. The maximum atomic E-state index is 5.35. The summed E-state index contributed by atoms with van der Waals surface area (Å²) in [6.07, 6.45) is 2.11. The van der Waals surface area contributed by atoms with Crippen LogP contribution in [-0.4, -0.2) is 25.2 Å². The molecule has 0 aliphatic carbocycles. The highest BCUT2D eigenvalue weighted by molar-refractivity contribution is 7.11. The lowest BCUT2D eigenvalue weighted by Crippen LogP contribution is -2.43. The molecule has 1 N–H and O–H groups in total. The van der Waals surface area contributed by atoms with Crippen molar-refractivity contribution >= 4 is 11.3 Å². The van der Waals surface area contributed by atoms with E-state index in [-0.39, 0.29) is 5.54 Å². The molecule has 0 spiro atoms. The molecule has 0 saturated carbocycles. The molecule has 1 aromatic rings. The Balaban J connectivity index is 2.95. The molecule has 0 aliphatic heterocycles. The predicted octanol–water partition coefficient (Wildman–Crippen LogP) is 2.88. The number of nitrogens with zero attached hydrogens (tertiary/aromatic N) is 1. The zero-order chi connectivity index (χ0) is 12.9. The van der Waals surface area contributed by atoms with Crippen LogP contribution >= 0.6 is 11.3 Å². The molecule has 0 aromatic carbocycles. The minimum absolute atomic E-state index is 0.159. The van der Waals surface area contributed by atoms with E-state index in [0.717, 1.165) is 24.4 Å². The lowest BCUT2D eigenvalue weighted by Gasteiger charge is -2.28. The fraction of sp³-hybridized carbons (Fsp3) is 0.769. The highest BCUT2D eigenvalue weighted by Crippen LogP contribution is 2.28. The molecule has 4 heteroatoms. The highest BCUT2D eigenvalue weighted by Gasteiger charge is 2.29. The van der Waals surface area contributed by atoms with Gasteiger partial charge in [-0.2, -0.15) is 0 Å². The Labute approximate surface area is 109 Å². The molecule has 1 heterocycles. The summed E-state index contributed by atoms with van der Waals surface area (Å²) in [5, 5.41) is 4.69. The predicted molar refractivity (Wildman–Crippen MR) is 73.8 cm³/mol. The summed E-state index contributed by atoms with van der Waals surface area (Å²) in [5.74, 6) is 0. The van der Waals surface area contributed by atoms with Crippen LogP contribution in [-0.2, 0) is 16.7 Å². The number of methoxy groups -OCH3 is 1. The van der Waals surface area contributed by atoms with Gasteiger partial charge in [0.1, 0.15) is 5.01 Å². The van der Waals surface area contributed by atoms with Crippen molar-refractivity contribution in [2.75, 3.05) is 20.3 Å². The van der Waals surface area contributed by atoms with E-state index in [1.807, 2.05) is 0 Å². The van der Waals surface area contributed by atoms with Crippen LogP contribution in [0, 0.1) is 6.92 Å². The van der Waals surface area contributed by atoms with Crippen LogP contribution in [0.2, 0.25) is 0 Å². The molecule has 0 amide bonds. The first kappa shape index (κ1) is 14.6. The lowest BCUT2D eigenvalue weighted by atomic mass is 10.0. The maximum Gasteiger partial charge on any atom is 0.115 e. The van der Waals surface area contributed by atoms with Gasteiger partial charge >= 0.3 is 0 Å². The quantitative estimate of drug-likeness (QED) is 0.814. The smallest absolute Gasteiger partial charge is 0.115 e. The monoisotopic (exact) mass is 256 g/mol. The van der Waals surface area contributed by atoms with Gasteiger partial charge < -0.3 is 10.1 Å². The van der Waals surface area contributed by atoms with Gasteiger partial charge in [-0.3, -0.25) is 0 Å². The molecule has 1 atom stereocenters. The average molecular weight is 256 g/mol. The van der Waals surface area contributed by atoms with E-state index in [9.17, 15) is 0 Å². The highest BCUT2D eigenvalue weighted by atomic mass is 32.1. The minimum Gasteiger partial charge on any atom is -0.382 e. The Morgan fingerprint density at radius 3 is 2.59 bits per heavy atom. The molecule has 0 saturated heterocycles. The summed E-state index contributed by atoms with van der Waals surface area (Å²) in [6, 6.07) is 0. The number of aromatic nitrogens is 1. The van der Waals surface area contributed by atoms with E-state index >= 15 is 0 Å². The van der Waals surface area contributed by atoms with Crippen LogP contribution in [0.15, 0.2) is 0 Å². The van der Waals surface area contributed by atoms with Crippen LogP contribution in [0.5, 0.6) is 0 Å². The zero-order valence-corrected chi connectivity index (χ0v) is 12.4. The molecule has 1 unspecified atom stereocenters. The minimum atomic E-state index is -0.159. The van der Waals surface area contributed by atoms with Gasteiger partial charge in [0, 0.05) is 12.0 Å². The number of aryl methyl sites for hydroxylation is 2. The van der Waals surface area contributed by atoms with Crippen molar-refractivity contribution in [1.82, 2.24) is 10.3 Å². The average Bonchev–Trinajstić information content (AvgIpc) is 2.69. The van der Waals surface area contributed by atoms with E-state index in [1.165, 1.54) is 10.6 Å². The van der Waals surface area contributed by atoms with Crippen LogP contribution in [0.4, 0.5) is 0 Å². The molecule has 0 bridgehead atoms. The Morgan fingerprint density at radius 2 is 2.12 bits per heavy atom. The van der Waals surface area contributed by atoms with Crippen molar-refractivity contribution < 1.29 is 4.74 Å². The van der Waals surface area contributed by atoms with Gasteiger partial charge in [-0.05, 0) is 33.2 Å². The van der Waals surface area contributed by atoms with E-state index in [2.05, 4.69) is 33.0 Å². The summed E-state index contributed by atoms with van der Waals surface area (Å²) in [5.41, 5.74) is 1.05. The third-order valence-electron chi connectivity index (χ3n) is 2.90. The Hall–Kier alpha value is -0.450. The van der Waals surface area contributed by atoms with E-state index in [1.54, 1.807) is 18.4 Å². The maximum absolute atomic E-state index is 5.35. The van der Waals surface area contributed by atoms with E-state index < -0.39 is 0 Å². The fourth-order valence-corrected chi connectivity index (χ4v) is 2.98. The third kappa shape index (κ3) is 3.50. The summed E-state index contributed by atoms with van der Waals surface area (Å²) in [4.78, 5) is 6.07. The van der Waals surface area contributed by atoms with Gasteiger partial charge in [-0.1, -0.05) is 13.8 Å². The van der Waals surface area contributed by atoms with Crippen molar-refractivity contribution in [3.05, 3.63) is 15.6 Å². The molecular weight excluding hydrogens is 232 g/mol. The van der Waals surface area contributed by atoms with Gasteiger partial charge in [0.15, 0.2) is 0 Å². The molecule has 17 heavy (non-hydrogen) atoms. The first-order valence-electron chi connectivity index (χ1n) is 6.28. The SMILES string of the molecule is CCCNC(C)(COC)c1nc(CC)c(C)s1. The van der Waals surface area contributed by atoms with Crippen molar-refractivity contribution in [2.24, 2.45) is 0 Å². The van der Waals surface area contributed by atoms with Crippen LogP contribution in [0.1, 0.15) is 42.8 Å². The molecule has 1 aromatic heterocycles. The largest absolute Gasteiger partial charge is 0.382 e. The zero-order valence-electron chi connectivity index (χ0n) is 11.6. The van der Waals surface area contributed by atoms with Crippen molar-refractivity contribution in [3.8, 4) is 0 Å². The number of hydrogen-bond donors (Lipinski definition) is 1. The summed E-state index contributed by atoms with van der Waals surface area (Å²) < 4.78 is 5.35. The first-order valence-corrected chi connectivity index (χ1v) is 7.09. The first-order chi connectivity index (χ1) is 8.07. The number of thiazole rings is 1.